The van der Waals surface area contributed by atoms with Gasteiger partial charge in [0.15, 0.2) is 5.84 Å². The first kappa shape index (κ1) is 23.0. The van der Waals surface area contributed by atoms with Gasteiger partial charge in [0.1, 0.15) is 5.69 Å². The van der Waals surface area contributed by atoms with Gasteiger partial charge in [-0.1, -0.05) is 29.8 Å². The summed E-state index contributed by atoms with van der Waals surface area (Å²) in [6.07, 6.45) is 2.55. The van der Waals surface area contributed by atoms with Gasteiger partial charge >= 0.3 is 0 Å². The molecule has 0 atom stereocenters. The standard InChI is InChI=1S/C25H28ClN5O2/c1-17-6-4-9-21(29-17)23(32)30-12-13-31(25(2,3)16-30)24(33)22-27-11-10-19(15-28-22)18-7-5-8-20(26)14-18/h4-9,14-15H,10-13,16H2,1-3H3,(H,27,28). The average Bonchev–Trinajstić information content (AvgIpc) is 3.04. The number of carbonyl (C=O) groups excluding carboxylic acids is 2. The largest absolute Gasteiger partial charge is 0.342 e. The number of aliphatic imine (C=N–C) groups is 1. The number of rotatable bonds is 3. The van der Waals surface area contributed by atoms with Crippen LogP contribution in [0.4, 0.5) is 0 Å². The number of halogens is 1. The van der Waals surface area contributed by atoms with E-state index in [1.165, 1.54) is 0 Å². The molecule has 2 amide bonds. The van der Waals surface area contributed by atoms with Crippen LogP contribution in [0.1, 0.15) is 42.0 Å². The molecule has 0 radical (unpaired) electrons. The molecule has 0 saturated carbocycles. The predicted octanol–water partition coefficient (Wildman–Crippen LogP) is 3.54. The zero-order valence-corrected chi connectivity index (χ0v) is 19.9. The van der Waals surface area contributed by atoms with Crippen molar-refractivity contribution in [3.8, 4) is 0 Å². The second-order valence-corrected chi connectivity index (χ2v) is 9.40. The van der Waals surface area contributed by atoms with Crippen molar-refractivity contribution < 1.29 is 9.59 Å². The zero-order valence-electron chi connectivity index (χ0n) is 19.1. The highest BCUT2D eigenvalue weighted by atomic mass is 35.5. The van der Waals surface area contributed by atoms with Crippen LogP contribution in [0.15, 0.2) is 53.7 Å². The molecule has 1 N–H and O–H groups in total. The number of amidine groups is 1. The Balaban J connectivity index is 1.45. The quantitative estimate of drug-likeness (QED) is 0.752. The van der Waals surface area contributed by atoms with Crippen molar-refractivity contribution in [2.75, 3.05) is 26.2 Å². The maximum Gasteiger partial charge on any atom is 0.289 e. The fourth-order valence-corrected chi connectivity index (χ4v) is 4.45. The lowest BCUT2D eigenvalue weighted by atomic mass is 9.98. The highest BCUT2D eigenvalue weighted by molar-refractivity contribution is 6.38. The van der Waals surface area contributed by atoms with E-state index in [0.717, 1.165) is 16.8 Å². The maximum absolute atomic E-state index is 13.4. The molecule has 3 heterocycles. The summed E-state index contributed by atoms with van der Waals surface area (Å²) in [4.78, 5) is 38.8. The molecule has 2 aliphatic rings. The summed E-state index contributed by atoms with van der Waals surface area (Å²) in [5, 5.41) is 3.78. The lowest BCUT2D eigenvalue weighted by Crippen LogP contribution is -2.64. The van der Waals surface area contributed by atoms with Crippen molar-refractivity contribution in [1.29, 1.82) is 0 Å². The number of piperazine rings is 1. The SMILES string of the molecule is Cc1cccc(C(=O)N2CCN(C(=O)C3=NCCC(c4cccc(Cl)c4)=CN3)C(C)(C)C2)n1. The molecule has 1 fully saturated rings. The van der Waals surface area contributed by atoms with Crippen LogP contribution in [0.2, 0.25) is 5.02 Å². The zero-order chi connectivity index (χ0) is 23.6. The third-order valence-electron chi connectivity index (χ3n) is 5.97. The Morgan fingerprint density at radius 1 is 1.09 bits per heavy atom. The minimum Gasteiger partial charge on any atom is -0.342 e. The number of carbonyl (C=O) groups is 2. The molecule has 1 saturated heterocycles. The smallest absolute Gasteiger partial charge is 0.289 e. The molecule has 0 bridgehead atoms. The molecule has 33 heavy (non-hydrogen) atoms. The van der Waals surface area contributed by atoms with E-state index in [1.54, 1.807) is 15.9 Å². The summed E-state index contributed by atoms with van der Waals surface area (Å²) < 4.78 is 0. The lowest BCUT2D eigenvalue weighted by Gasteiger charge is -2.47. The molecule has 7 nitrogen and oxygen atoms in total. The van der Waals surface area contributed by atoms with E-state index in [9.17, 15) is 9.59 Å². The normalized spacial score (nSPS) is 18.1. The number of benzene rings is 1. The van der Waals surface area contributed by atoms with Gasteiger partial charge in [-0.25, -0.2) is 4.98 Å². The Hall–Kier alpha value is -3.19. The summed E-state index contributed by atoms with van der Waals surface area (Å²) in [5.41, 5.74) is 2.74. The number of pyridine rings is 1. The van der Waals surface area contributed by atoms with Gasteiger partial charge < -0.3 is 15.1 Å². The van der Waals surface area contributed by atoms with Gasteiger partial charge in [-0.05, 0) is 62.6 Å². The van der Waals surface area contributed by atoms with Crippen LogP contribution in [0.25, 0.3) is 5.57 Å². The van der Waals surface area contributed by atoms with Crippen LogP contribution in [0.3, 0.4) is 0 Å². The van der Waals surface area contributed by atoms with Crippen molar-refractivity contribution in [3.05, 3.63) is 70.6 Å². The van der Waals surface area contributed by atoms with Crippen LogP contribution in [-0.2, 0) is 4.79 Å². The predicted molar refractivity (Wildman–Crippen MR) is 130 cm³/mol. The molecule has 1 aromatic heterocycles. The monoisotopic (exact) mass is 465 g/mol. The Labute approximate surface area is 199 Å². The van der Waals surface area contributed by atoms with Gasteiger partial charge in [0.25, 0.3) is 11.8 Å². The lowest BCUT2D eigenvalue weighted by molar-refractivity contribution is -0.132. The van der Waals surface area contributed by atoms with Crippen LogP contribution in [0, 0.1) is 6.92 Å². The van der Waals surface area contributed by atoms with Gasteiger partial charge in [0.2, 0.25) is 0 Å². The Bertz CT molecular complexity index is 1140. The minimum absolute atomic E-state index is 0.113. The first-order valence-electron chi connectivity index (χ1n) is 11.1. The minimum atomic E-state index is -0.551. The van der Waals surface area contributed by atoms with E-state index >= 15 is 0 Å². The van der Waals surface area contributed by atoms with Gasteiger partial charge in [-0.15, -0.1) is 0 Å². The van der Waals surface area contributed by atoms with E-state index < -0.39 is 5.54 Å². The summed E-state index contributed by atoms with van der Waals surface area (Å²) >= 11 is 6.13. The number of nitrogens with one attached hydrogen (secondary N) is 1. The van der Waals surface area contributed by atoms with Crippen LogP contribution in [0.5, 0.6) is 0 Å². The van der Waals surface area contributed by atoms with E-state index in [1.807, 2.05) is 63.4 Å². The van der Waals surface area contributed by atoms with Crippen molar-refractivity contribution in [3.63, 3.8) is 0 Å². The van der Waals surface area contributed by atoms with E-state index in [0.29, 0.717) is 49.2 Å². The molecule has 172 valence electrons. The van der Waals surface area contributed by atoms with E-state index in [-0.39, 0.29) is 11.8 Å². The molecule has 0 spiro atoms. The Morgan fingerprint density at radius 2 is 1.88 bits per heavy atom. The second-order valence-electron chi connectivity index (χ2n) is 8.96. The van der Waals surface area contributed by atoms with Gasteiger partial charge in [0.05, 0.1) is 5.54 Å². The summed E-state index contributed by atoms with van der Waals surface area (Å²) in [6.45, 7) is 7.60. The maximum atomic E-state index is 13.4. The number of nitrogens with zero attached hydrogens (tertiary/aromatic N) is 4. The third-order valence-corrected chi connectivity index (χ3v) is 6.21. The van der Waals surface area contributed by atoms with Gasteiger partial charge in [-0.2, -0.15) is 0 Å². The van der Waals surface area contributed by atoms with Crippen LogP contribution < -0.4 is 5.32 Å². The highest BCUT2D eigenvalue weighted by Crippen LogP contribution is 2.25. The van der Waals surface area contributed by atoms with Crippen molar-refractivity contribution >= 4 is 34.8 Å². The van der Waals surface area contributed by atoms with Crippen molar-refractivity contribution in [2.45, 2.75) is 32.7 Å². The topological polar surface area (TPSA) is 77.9 Å². The molecule has 0 aliphatic carbocycles. The molecular formula is C25H28ClN5O2. The van der Waals surface area contributed by atoms with E-state index in [4.69, 9.17) is 11.6 Å². The highest BCUT2D eigenvalue weighted by Gasteiger charge is 2.40. The van der Waals surface area contributed by atoms with Crippen LogP contribution >= 0.6 is 11.6 Å². The van der Waals surface area contributed by atoms with E-state index in [2.05, 4.69) is 15.3 Å². The fourth-order valence-electron chi connectivity index (χ4n) is 4.26. The first-order chi connectivity index (χ1) is 15.7. The second kappa shape index (κ2) is 9.35. The van der Waals surface area contributed by atoms with Crippen molar-refractivity contribution in [1.82, 2.24) is 20.1 Å². The molecule has 8 heteroatoms. The fraction of sp³-hybridized carbons (Fsp3) is 0.360. The van der Waals surface area contributed by atoms with Crippen molar-refractivity contribution in [2.24, 2.45) is 4.99 Å². The van der Waals surface area contributed by atoms with Gasteiger partial charge in [0, 0.05) is 43.1 Å². The Morgan fingerprint density at radius 3 is 2.61 bits per heavy atom. The first-order valence-corrected chi connectivity index (χ1v) is 11.4. The molecule has 2 aliphatic heterocycles. The van der Waals surface area contributed by atoms with Gasteiger partial charge in [-0.3, -0.25) is 14.6 Å². The number of aromatic nitrogens is 1. The summed E-state index contributed by atoms with van der Waals surface area (Å²) in [6, 6.07) is 13.1. The number of aryl methyl sites for hydroxylation is 1. The molecule has 1 aromatic carbocycles. The average molecular weight is 466 g/mol. The number of hydrogen-bond donors (Lipinski definition) is 1. The number of amides is 2. The summed E-state index contributed by atoms with van der Waals surface area (Å²) in [7, 11) is 0. The van der Waals surface area contributed by atoms with Crippen LogP contribution in [-0.4, -0.2) is 64.2 Å². The molecule has 2 aromatic rings. The molecule has 4 rings (SSSR count). The number of hydrogen-bond acceptors (Lipinski definition) is 5. The Kier molecular flexibility index (Phi) is 6.51. The summed E-state index contributed by atoms with van der Waals surface area (Å²) in [5.74, 6) is 0.0440. The molecule has 0 unspecified atom stereocenters. The molecular weight excluding hydrogens is 438 g/mol. The third kappa shape index (κ3) is 5.09.